The van der Waals surface area contributed by atoms with Gasteiger partial charge in [0.1, 0.15) is 5.69 Å². The maximum atomic E-state index is 11.1. The van der Waals surface area contributed by atoms with Crippen LogP contribution in [0.1, 0.15) is 10.5 Å². The van der Waals surface area contributed by atoms with Crippen molar-refractivity contribution < 1.29 is 4.79 Å². The number of nitrogens with two attached hydrogens (primary N) is 1. The average Bonchev–Trinajstić information content (AvgIpc) is 2.88. The lowest BCUT2D eigenvalue weighted by molar-refractivity contribution is 0.0995. The number of H-pyrrole nitrogens is 1. The standard InChI is InChI=1S/C14H10ClN3O/c15-10-6-2-4-8-3-1-5-9(13(8)10)11-7-12(14(16)19)18-17-11/h1-7H,(H2,16,19)(H,17,18). The molecule has 3 aromatic rings. The molecular weight excluding hydrogens is 262 g/mol. The smallest absolute Gasteiger partial charge is 0.266 e. The molecule has 0 bridgehead atoms. The summed E-state index contributed by atoms with van der Waals surface area (Å²) in [4.78, 5) is 11.1. The summed E-state index contributed by atoms with van der Waals surface area (Å²) in [6.45, 7) is 0. The van der Waals surface area contributed by atoms with Crippen LogP contribution in [0.3, 0.4) is 0 Å². The fourth-order valence-electron chi connectivity index (χ4n) is 2.09. The maximum Gasteiger partial charge on any atom is 0.266 e. The van der Waals surface area contributed by atoms with E-state index < -0.39 is 5.91 Å². The number of carbonyl (C=O) groups is 1. The Labute approximate surface area is 114 Å². The van der Waals surface area contributed by atoms with Crippen LogP contribution in [-0.4, -0.2) is 16.1 Å². The molecule has 2 aromatic carbocycles. The number of aromatic nitrogens is 2. The van der Waals surface area contributed by atoms with Gasteiger partial charge in [-0.25, -0.2) is 0 Å². The lowest BCUT2D eigenvalue weighted by Gasteiger charge is -2.05. The Morgan fingerprint density at radius 1 is 1.21 bits per heavy atom. The zero-order valence-electron chi connectivity index (χ0n) is 9.85. The second-order valence-electron chi connectivity index (χ2n) is 4.17. The van der Waals surface area contributed by atoms with Crippen molar-refractivity contribution in [2.75, 3.05) is 0 Å². The molecule has 4 nitrogen and oxygen atoms in total. The van der Waals surface area contributed by atoms with Crippen LogP contribution in [0.4, 0.5) is 0 Å². The van der Waals surface area contributed by atoms with Crippen LogP contribution < -0.4 is 5.73 Å². The molecule has 0 unspecified atom stereocenters. The van der Waals surface area contributed by atoms with Crippen LogP contribution >= 0.6 is 11.6 Å². The number of rotatable bonds is 2. The molecular formula is C14H10ClN3O. The molecule has 0 aliphatic heterocycles. The highest BCUT2D eigenvalue weighted by Gasteiger charge is 2.12. The summed E-state index contributed by atoms with van der Waals surface area (Å²) in [5, 5.41) is 9.32. The average molecular weight is 272 g/mol. The summed E-state index contributed by atoms with van der Waals surface area (Å²) in [5.41, 5.74) is 7.00. The van der Waals surface area contributed by atoms with Gasteiger partial charge >= 0.3 is 0 Å². The zero-order valence-corrected chi connectivity index (χ0v) is 10.6. The fraction of sp³-hybridized carbons (Fsp3) is 0. The Hall–Kier alpha value is -2.33. The van der Waals surface area contributed by atoms with Crippen LogP contribution in [0.2, 0.25) is 5.02 Å². The van der Waals surface area contributed by atoms with Crippen molar-refractivity contribution >= 4 is 28.3 Å². The van der Waals surface area contributed by atoms with Gasteiger partial charge in [0, 0.05) is 16.0 Å². The molecule has 1 amide bonds. The molecule has 3 N–H and O–H groups in total. The van der Waals surface area contributed by atoms with Crippen molar-refractivity contribution in [2.45, 2.75) is 0 Å². The Morgan fingerprint density at radius 3 is 2.63 bits per heavy atom. The first-order valence-corrected chi connectivity index (χ1v) is 6.07. The number of primary amides is 1. The molecule has 0 saturated carbocycles. The minimum Gasteiger partial charge on any atom is -0.364 e. The topological polar surface area (TPSA) is 71.8 Å². The molecule has 0 spiro atoms. The van der Waals surface area contributed by atoms with Crippen LogP contribution in [0.25, 0.3) is 22.0 Å². The Morgan fingerprint density at radius 2 is 1.95 bits per heavy atom. The van der Waals surface area contributed by atoms with Gasteiger partial charge < -0.3 is 5.73 Å². The lowest BCUT2D eigenvalue weighted by Crippen LogP contribution is -2.10. The molecule has 1 heterocycles. The normalized spacial score (nSPS) is 10.8. The zero-order chi connectivity index (χ0) is 13.4. The van der Waals surface area contributed by atoms with Gasteiger partial charge in [-0.2, -0.15) is 5.10 Å². The molecule has 0 aliphatic carbocycles. The van der Waals surface area contributed by atoms with E-state index in [-0.39, 0.29) is 5.69 Å². The van der Waals surface area contributed by atoms with Crippen molar-refractivity contribution in [3.8, 4) is 11.3 Å². The Kier molecular flexibility index (Phi) is 2.72. The first-order chi connectivity index (χ1) is 9.16. The van der Waals surface area contributed by atoms with Gasteiger partial charge in [-0.3, -0.25) is 9.89 Å². The fourth-order valence-corrected chi connectivity index (χ4v) is 2.38. The third kappa shape index (κ3) is 1.96. The quantitative estimate of drug-likeness (QED) is 0.752. The van der Waals surface area contributed by atoms with Gasteiger partial charge in [-0.15, -0.1) is 0 Å². The summed E-state index contributed by atoms with van der Waals surface area (Å²) in [5.74, 6) is -0.537. The molecule has 0 saturated heterocycles. The van der Waals surface area contributed by atoms with Gasteiger partial charge in [-0.1, -0.05) is 41.9 Å². The molecule has 0 atom stereocenters. The van der Waals surface area contributed by atoms with Crippen molar-refractivity contribution in [2.24, 2.45) is 5.73 Å². The molecule has 19 heavy (non-hydrogen) atoms. The van der Waals surface area contributed by atoms with Crippen LogP contribution in [0.15, 0.2) is 42.5 Å². The predicted octanol–water partition coefficient (Wildman–Crippen LogP) is 2.98. The van der Waals surface area contributed by atoms with Crippen molar-refractivity contribution in [1.82, 2.24) is 10.2 Å². The lowest BCUT2D eigenvalue weighted by atomic mass is 10.0. The van der Waals surface area contributed by atoms with E-state index in [1.54, 1.807) is 6.07 Å². The van der Waals surface area contributed by atoms with Crippen LogP contribution in [0.5, 0.6) is 0 Å². The van der Waals surface area contributed by atoms with E-state index in [2.05, 4.69) is 10.2 Å². The molecule has 5 heteroatoms. The number of fused-ring (bicyclic) bond motifs is 1. The summed E-state index contributed by atoms with van der Waals surface area (Å²) >= 11 is 6.25. The second kappa shape index (κ2) is 4.40. The molecule has 3 rings (SSSR count). The van der Waals surface area contributed by atoms with E-state index in [9.17, 15) is 4.79 Å². The number of halogens is 1. The first kappa shape index (κ1) is 11.7. The van der Waals surface area contributed by atoms with Gasteiger partial charge in [0.15, 0.2) is 0 Å². The summed E-state index contributed by atoms with van der Waals surface area (Å²) < 4.78 is 0. The van der Waals surface area contributed by atoms with E-state index in [4.69, 9.17) is 17.3 Å². The predicted molar refractivity (Wildman–Crippen MR) is 75.1 cm³/mol. The Bertz CT molecular complexity index is 774. The number of benzene rings is 2. The van der Waals surface area contributed by atoms with E-state index in [1.165, 1.54) is 0 Å². The number of hydrogen-bond donors (Lipinski definition) is 2. The molecule has 1 aromatic heterocycles. The highest BCUT2D eigenvalue weighted by molar-refractivity contribution is 6.36. The van der Waals surface area contributed by atoms with E-state index in [1.807, 2.05) is 36.4 Å². The van der Waals surface area contributed by atoms with Crippen LogP contribution in [-0.2, 0) is 0 Å². The third-order valence-corrected chi connectivity index (χ3v) is 3.29. The van der Waals surface area contributed by atoms with Crippen LogP contribution in [0, 0.1) is 0 Å². The maximum absolute atomic E-state index is 11.1. The molecule has 94 valence electrons. The summed E-state index contributed by atoms with van der Waals surface area (Å²) in [7, 11) is 0. The monoisotopic (exact) mass is 271 g/mol. The number of hydrogen-bond acceptors (Lipinski definition) is 2. The number of amides is 1. The SMILES string of the molecule is NC(=O)c1cc(-c2cccc3cccc(Cl)c23)n[nH]1. The van der Waals surface area contributed by atoms with Crippen molar-refractivity contribution in [1.29, 1.82) is 0 Å². The van der Waals surface area contributed by atoms with Gasteiger partial charge in [-0.05, 0) is 17.5 Å². The van der Waals surface area contributed by atoms with Gasteiger partial charge in [0.05, 0.1) is 5.69 Å². The number of carbonyl (C=O) groups excluding carboxylic acids is 1. The third-order valence-electron chi connectivity index (χ3n) is 2.97. The van der Waals surface area contributed by atoms with Gasteiger partial charge in [0.2, 0.25) is 0 Å². The van der Waals surface area contributed by atoms with Crippen molar-refractivity contribution in [3.05, 3.63) is 53.2 Å². The highest BCUT2D eigenvalue weighted by Crippen LogP contribution is 2.32. The van der Waals surface area contributed by atoms with E-state index in [0.717, 1.165) is 16.3 Å². The number of nitrogens with one attached hydrogen (secondary N) is 1. The largest absolute Gasteiger partial charge is 0.364 e. The summed E-state index contributed by atoms with van der Waals surface area (Å²) in [6, 6.07) is 13.1. The van der Waals surface area contributed by atoms with E-state index in [0.29, 0.717) is 10.7 Å². The van der Waals surface area contributed by atoms with Crippen molar-refractivity contribution in [3.63, 3.8) is 0 Å². The minimum absolute atomic E-state index is 0.277. The highest BCUT2D eigenvalue weighted by atomic mass is 35.5. The minimum atomic E-state index is -0.537. The summed E-state index contributed by atoms with van der Waals surface area (Å²) in [6.07, 6.45) is 0. The molecule has 0 radical (unpaired) electrons. The Balaban J connectivity index is 2.27. The molecule has 0 fully saturated rings. The van der Waals surface area contributed by atoms with E-state index >= 15 is 0 Å². The first-order valence-electron chi connectivity index (χ1n) is 5.69. The number of nitrogens with zero attached hydrogens (tertiary/aromatic N) is 1. The second-order valence-corrected chi connectivity index (χ2v) is 4.58. The number of aromatic amines is 1. The van der Waals surface area contributed by atoms with Gasteiger partial charge in [0.25, 0.3) is 5.91 Å². The molecule has 0 aliphatic rings.